The quantitative estimate of drug-likeness (QED) is 0.810. The largest absolute Gasteiger partial charge is 0.497 e. The Morgan fingerprint density at radius 3 is 2.32 bits per heavy atom. The van der Waals surface area contributed by atoms with Gasteiger partial charge in [0.05, 0.1) is 14.2 Å². The van der Waals surface area contributed by atoms with Crippen LogP contribution in [0.3, 0.4) is 0 Å². The maximum Gasteiger partial charge on any atom is 0.119 e. The average molecular weight is 256 g/mol. The molecule has 0 unspecified atom stereocenters. The molecule has 2 aromatic rings. The van der Waals surface area contributed by atoms with Crippen molar-refractivity contribution in [1.82, 2.24) is 0 Å². The van der Waals surface area contributed by atoms with Gasteiger partial charge in [0.2, 0.25) is 0 Å². The van der Waals surface area contributed by atoms with Crippen LogP contribution in [0.4, 0.5) is 0 Å². The molecule has 100 valence electrons. The van der Waals surface area contributed by atoms with Gasteiger partial charge in [0, 0.05) is 0 Å². The van der Waals surface area contributed by atoms with E-state index in [1.165, 1.54) is 16.7 Å². The van der Waals surface area contributed by atoms with Crippen molar-refractivity contribution in [2.24, 2.45) is 0 Å². The molecule has 0 atom stereocenters. The van der Waals surface area contributed by atoms with Crippen molar-refractivity contribution in [3.63, 3.8) is 0 Å². The minimum atomic E-state index is 0.917. The van der Waals surface area contributed by atoms with Gasteiger partial charge in [-0.1, -0.05) is 18.2 Å². The molecule has 2 rings (SSSR count). The van der Waals surface area contributed by atoms with Crippen LogP contribution in [0.1, 0.15) is 16.7 Å². The van der Waals surface area contributed by atoms with Gasteiger partial charge in [-0.3, -0.25) is 0 Å². The number of rotatable bonds is 5. The minimum Gasteiger partial charge on any atom is -0.497 e. The van der Waals surface area contributed by atoms with Crippen LogP contribution >= 0.6 is 0 Å². The number of methoxy groups -OCH3 is 2. The van der Waals surface area contributed by atoms with E-state index in [1.54, 1.807) is 14.2 Å². The molecule has 0 aliphatic heterocycles. The van der Waals surface area contributed by atoms with Crippen molar-refractivity contribution < 1.29 is 9.47 Å². The number of hydrogen-bond acceptors (Lipinski definition) is 2. The monoisotopic (exact) mass is 256 g/mol. The van der Waals surface area contributed by atoms with Gasteiger partial charge < -0.3 is 9.47 Å². The van der Waals surface area contributed by atoms with E-state index in [0.717, 1.165) is 24.3 Å². The highest BCUT2D eigenvalue weighted by Crippen LogP contribution is 2.20. The lowest BCUT2D eigenvalue weighted by Gasteiger charge is -2.09. The molecule has 0 aliphatic rings. The van der Waals surface area contributed by atoms with Crippen molar-refractivity contribution >= 4 is 0 Å². The molecule has 0 N–H and O–H groups in total. The summed E-state index contributed by atoms with van der Waals surface area (Å²) in [6, 6.07) is 14.5. The average Bonchev–Trinajstić information content (AvgIpc) is 2.46. The lowest BCUT2D eigenvalue weighted by atomic mass is 10.0. The predicted molar refractivity (Wildman–Crippen MR) is 78.1 cm³/mol. The zero-order chi connectivity index (χ0) is 13.7. The lowest BCUT2D eigenvalue weighted by molar-refractivity contribution is 0.413. The van der Waals surface area contributed by atoms with E-state index in [4.69, 9.17) is 9.47 Å². The maximum absolute atomic E-state index is 5.28. The van der Waals surface area contributed by atoms with Crippen LogP contribution < -0.4 is 9.47 Å². The van der Waals surface area contributed by atoms with Gasteiger partial charge in [-0.15, -0.1) is 0 Å². The van der Waals surface area contributed by atoms with Crippen LogP contribution in [-0.4, -0.2) is 14.2 Å². The third-order valence-electron chi connectivity index (χ3n) is 3.37. The molecule has 0 saturated heterocycles. The molecule has 0 spiro atoms. The smallest absolute Gasteiger partial charge is 0.119 e. The molecule has 0 fully saturated rings. The second kappa shape index (κ2) is 6.28. The Balaban J connectivity index is 2.09. The number of hydrogen-bond donors (Lipinski definition) is 0. The fraction of sp³-hybridized carbons (Fsp3) is 0.294. The SMILES string of the molecule is COc1cccc(CCc2cc(OC)ccc2C)c1. The van der Waals surface area contributed by atoms with Gasteiger partial charge in [0.15, 0.2) is 0 Å². The third kappa shape index (κ3) is 3.50. The molecular weight excluding hydrogens is 236 g/mol. The van der Waals surface area contributed by atoms with Gasteiger partial charge in [0.1, 0.15) is 11.5 Å². The molecule has 2 heteroatoms. The molecular formula is C17H20O2. The molecule has 0 amide bonds. The maximum atomic E-state index is 5.28. The third-order valence-corrected chi connectivity index (χ3v) is 3.37. The van der Waals surface area contributed by atoms with Crippen LogP contribution in [0.5, 0.6) is 11.5 Å². The summed E-state index contributed by atoms with van der Waals surface area (Å²) in [7, 11) is 3.40. The van der Waals surface area contributed by atoms with Gasteiger partial charge >= 0.3 is 0 Å². The molecule has 0 heterocycles. The Morgan fingerprint density at radius 1 is 0.842 bits per heavy atom. The first-order valence-corrected chi connectivity index (χ1v) is 6.49. The molecule has 0 bridgehead atoms. The highest BCUT2D eigenvalue weighted by Gasteiger charge is 2.02. The summed E-state index contributed by atoms with van der Waals surface area (Å²) in [6.45, 7) is 2.14. The van der Waals surface area contributed by atoms with E-state index >= 15 is 0 Å². The van der Waals surface area contributed by atoms with Gasteiger partial charge in [-0.25, -0.2) is 0 Å². The van der Waals surface area contributed by atoms with Crippen LogP contribution in [0, 0.1) is 6.92 Å². The molecule has 0 saturated carbocycles. The second-order valence-corrected chi connectivity index (χ2v) is 4.64. The van der Waals surface area contributed by atoms with Crippen molar-refractivity contribution in [3.05, 3.63) is 59.2 Å². The molecule has 0 aromatic heterocycles. The molecule has 2 nitrogen and oxygen atoms in total. The minimum absolute atomic E-state index is 0.917. The summed E-state index contributed by atoms with van der Waals surface area (Å²) in [5.74, 6) is 1.84. The van der Waals surface area contributed by atoms with Crippen molar-refractivity contribution in [1.29, 1.82) is 0 Å². The van der Waals surface area contributed by atoms with Crippen molar-refractivity contribution in [3.8, 4) is 11.5 Å². The van der Waals surface area contributed by atoms with E-state index in [9.17, 15) is 0 Å². The topological polar surface area (TPSA) is 18.5 Å². The van der Waals surface area contributed by atoms with Gasteiger partial charge in [-0.05, 0) is 60.7 Å². The molecule has 0 radical (unpaired) electrons. The first-order chi connectivity index (χ1) is 9.22. The Morgan fingerprint density at radius 2 is 1.58 bits per heavy atom. The number of ether oxygens (including phenoxy) is 2. The summed E-state index contributed by atoms with van der Waals surface area (Å²) in [5, 5.41) is 0. The Hall–Kier alpha value is -1.96. The highest BCUT2D eigenvalue weighted by molar-refractivity contribution is 5.36. The summed E-state index contributed by atoms with van der Waals surface area (Å²) in [4.78, 5) is 0. The standard InChI is InChI=1S/C17H20O2/c1-13-7-10-17(19-3)12-15(13)9-8-14-5-4-6-16(11-14)18-2/h4-7,10-12H,8-9H2,1-3H3. The Labute approximate surface area is 115 Å². The van der Waals surface area contributed by atoms with E-state index in [0.29, 0.717) is 0 Å². The van der Waals surface area contributed by atoms with E-state index in [2.05, 4.69) is 31.2 Å². The number of benzene rings is 2. The summed E-state index contributed by atoms with van der Waals surface area (Å²) >= 11 is 0. The predicted octanol–water partition coefficient (Wildman–Crippen LogP) is 3.80. The summed E-state index contributed by atoms with van der Waals surface area (Å²) in [5.41, 5.74) is 3.94. The van der Waals surface area contributed by atoms with Gasteiger partial charge in [0.25, 0.3) is 0 Å². The normalized spacial score (nSPS) is 10.3. The van der Waals surface area contributed by atoms with Crippen molar-refractivity contribution in [2.75, 3.05) is 14.2 Å². The first kappa shape index (κ1) is 13.5. The van der Waals surface area contributed by atoms with Crippen LogP contribution in [0.25, 0.3) is 0 Å². The fourth-order valence-electron chi connectivity index (χ4n) is 2.15. The van der Waals surface area contributed by atoms with Gasteiger partial charge in [-0.2, -0.15) is 0 Å². The molecule has 0 aliphatic carbocycles. The van der Waals surface area contributed by atoms with Crippen molar-refractivity contribution in [2.45, 2.75) is 19.8 Å². The zero-order valence-corrected chi connectivity index (χ0v) is 11.8. The molecule has 19 heavy (non-hydrogen) atoms. The zero-order valence-electron chi connectivity index (χ0n) is 11.8. The molecule has 2 aromatic carbocycles. The fourth-order valence-corrected chi connectivity index (χ4v) is 2.15. The summed E-state index contributed by atoms with van der Waals surface area (Å²) in [6.07, 6.45) is 2.02. The van der Waals surface area contributed by atoms with Crippen LogP contribution in [-0.2, 0) is 12.8 Å². The van der Waals surface area contributed by atoms with Crippen LogP contribution in [0.2, 0.25) is 0 Å². The number of aryl methyl sites for hydroxylation is 3. The lowest BCUT2D eigenvalue weighted by Crippen LogP contribution is -1.96. The first-order valence-electron chi connectivity index (χ1n) is 6.49. The second-order valence-electron chi connectivity index (χ2n) is 4.64. The van der Waals surface area contributed by atoms with Crippen LogP contribution in [0.15, 0.2) is 42.5 Å². The highest BCUT2D eigenvalue weighted by atomic mass is 16.5. The summed E-state index contributed by atoms with van der Waals surface area (Å²) < 4.78 is 10.5. The Kier molecular flexibility index (Phi) is 4.45. The Bertz CT molecular complexity index is 547. The van der Waals surface area contributed by atoms with E-state index in [-0.39, 0.29) is 0 Å². The van der Waals surface area contributed by atoms with E-state index in [1.807, 2.05) is 18.2 Å². The van der Waals surface area contributed by atoms with E-state index < -0.39 is 0 Å².